The van der Waals surface area contributed by atoms with Gasteiger partial charge in [0.2, 0.25) is 5.91 Å². The third kappa shape index (κ3) is 4.65. The van der Waals surface area contributed by atoms with Crippen LogP contribution < -0.4 is 11.1 Å². The Morgan fingerprint density at radius 3 is 2.76 bits per heavy atom. The normalized spacial score (nSPS) is 10.8. The molecule has 1 amide bonds. The van der Waals surface area contributed by atoms with Crippen LogP contribution in [0, 0.1) is 0 Å². The second kappa shape index (κ2) is 7.50. The molecule has 112 valence electrons. The Labute approximate surface area is 124 Å². The van der Waals surface area contributed by atoms with E-state index in [9.17, 15) is 4.79 Å². The van der Waals surface area contributed by atoms with Gasteiger partial charge in [-0.25, -0.2) is 0 Å². The number of hydrogen-bond donors (Lipinski definition) is 2. The summed E-state index contributed by atoms with van der Waals surface area (Å²) in [7, 11) is 0. The minimum absolute atomic E-state index is 0.0363. The highest BCUT2D eigenvalue weighted by molar-refractivity contribution is 5.93. The van der Waals surface area contributed by atoms with E-state index in [2.05, 4.69) is 17.1 Å². The number of carbonyl (C=O) groups is 1. The van der Waals surface area contributed by atoms with E-state index in [0.717, 1.165) is 12.3 Å². The van der Waals surface area contributed by atoms with E-state index in [0.29, 0.717) is 30.9 Å². The average molecular weight is 287 g/mol. The summed E-state index contributed by atoms with van der Waals surface area (Å²) in [6.07, 6.45) is 2.08. The van der Waals surface area contributed by atoms with Crippen molar-refractivity contribution in [3.8, 4) is 0 Å². The molecule has 5 heteroatoms. The Bertz CT molecular complexity index is 567. The summed E-state index contributed by atoms with van der Waals surface area (Å²) in [4.78, 5) is 14.1. The van der Waals surface area contributed by atoms with Gasteiger partial charge in [-0.1, -0.05) is 19.1 Å². The van der Waals surface area contributed by atoms with Crippen molar-refractivity contribution >= 4 is 17.3 Å². The molecule has 1 aromatic carbocycles. The SMILES string of the molecule is CCN(CCC(=O)Nc1ccccc1N)Cc1ccco1. The molecule has 0 aliphatic carbocycles. The third-order valence-corrected chi connectivity index (χ3v) is 3.30. The van der Waals surface area contributed by atoms with Gasteiger partial charge in [-0.15, -0.1) is 0 Å². The first-order valence-corrected chi connectivity index (χ1v) is 7.08. The van der Waals surface area contributed by atoms with E-state index in [-0.39, 0.29) is 5.91 Å². The number of rotatable bonds is 7. The molecule has 1 aromatic heterocycles. The molecule has 0 saturated carbocycles. The molecule has 0 aliphatic heterocycles. The highest BCUT2D eigenvalue weighted by Gasteiger charge is 2.10. The molecule has 2 rings (SSSR count). The van der Waals surface area contributed by atoms with Crippen molar-refractivity contribution in [1.29, 1.82) is 0 Å². The van der Waals surface area contributed by atoms with Gasteiger partial charge < -0.3 is 15.5 Å². The van der Waals surface area contributed by atoms with E-state index in [4.69, 9.17) is 10.2 Å². The Hall–Kier alpha value is -2.27. The second-order valence-electron chi connectivity index (χ2n) is 4.83. The lowest BCUT2D eigenvalue weighted by molar-refractivity contribution is -0.116. The van der Waals surface area contributed by atoms with Crippen LogP contribution in [0.5, 0.6) is 0 Å². The van der Waals surface area contributed by atoms with Gasteiger partial charge in [0.05, 0.1) is 24.2 Å². The Kier molecular flexibility index (Phi) is 5.40. The standard InChI is InChI=1S/C16H21N3O2/c1-2-19(12-13-6-5-11-21-13)10-9-16(20)18-15-8-4-3-7-14(15)17/h3-8,11H,2,9-10,12,17H2,1H3,(H,18,20). The zero-order valence-electron chi connectivity index (χ0n) is 12.2. The number of anilines is 2. The van der Waals surface area contributed by atoms with Crippen LogP contribution in [0.2, 0.25) is 0 Å². The van der Waals surface area contributed by atoms with Crippen LogP contribution in [0.15, 0.2) is 47.1 Å². The average Bonchev–Trinajstić information content (AvgIpc) is 2.99. The summed E-state index contributed by atoms with van der Waals surface area (Å²) in [5, 5.41) is 2.83. The van der Waals surface area contributed by atoms with Crippen LogP contribution >= 0.6 is 0 Å². The molecule has 0 saturated heterocycles. The van der Waals surface area contributed by atoms with Crippen LogP contribution in [-0.4, -0.2) is 23.9 Å². The first kappa shape index (κ1) is 15.1. The largest absolute Gasteiger partial charge is 0.468 e. The quantitative estimate of drug-likeness (QED) is 0.768. The predicted molar refractivity (Wildman–Crippen MR) is 83.8 cm³/mol. The van der Waals surface area contributed by atoms with Gasteiger partial charge in [0.15, 0.2) is 0 Å². The van der Waals surface area contributed by atoms with Crippen molar-refractivity contribution in [2.75, 3.05) is 24.1 Å². The number of hydrogen-bond acceptors (Lipinski definition) is 4. The van der Waals surface area contributed by atoms with Crippen LogP contribution in [0.3, 0.4) is 0 Å². The number of nitrogen functional groups attached to an aromatic ring is 1. The lowest BCUT2D eigenvalue weighted by atomic mass is 10.2. The number of benzene rings is 1. The topological polar surface area (TPSA) is 71.5 Å². The molecule has 0 spiro atoms. The number of nitrogens with one attached hydrogen (secondary N) is 1. The molecule has 2 aromatic rings. The van der Waals surface area contributed by atoms with Crippen molar-refractivity contribution in [1.82, 2.24) is 4.90 Å². The zero-order chi connectivity index (χ0) is 15.1. The predicted octanol–water partition coefficient (Wildman–Crippen LogP) is 2.71. The van der Waals surface area contributed by atoms with Gasteiger partial charge in [-0.2, -0.15) is 0 Å². The number of para-hydroxylation sites is 2. The highest BCUT2D eigenvalue weighted by atomic mass is 16.3. The molecular weight excluding hydrogens is 266 g/mol. The number of carbonyl (C=O) groups excluding carboxylic acids is 1. The fourth-order valence-corrected chi connectivity index (χ4v) is 2.06. The smallest absolute Gasteiger partial charge is 0.225 e. The molecule has 0 unspecified atom stereocenters. The van der Waals surface area contributed by atoms with Crippen molar-refractivity contribution in [2.45, 2.75) is 19.9 Å². The Balaban J connectivity index is 1.81. The molecule has 0 radical (unpaired) electrons. The summed E-state index contributed by atoms with van der Waals surface area (Å²) < 4.78 is 5.33. The van der Waals surface area contributed by atoms with E-state index < -0.39 is 0 Å². The molecule has 1 heterocycles. The van der Waals surface area contributed by atoms with Gasteiger partial charge in [-0.05, 0) is 30.8 Å². The van der Waals surface area contributed by atoms with Gasteiger partial charge in [-0.3, -0.25) is 9.69 Å². The van der Waals surface area contributed by atoms with E-state index in [1.807, 2.05) is 24.3 Å². The molecule has 0 atom stereocenters. The molecule has 21 heavy (non-hydrogen) atoms. The maximum absolute atomic E-state index is 12.0. The summed E-state index contributed by atoms with van der Waals surface area (Å²) in [5.41, 5.74) is 7.04. The van der Waals surface area contributed by atoms with Crippen molar-refractivity contribution in [2.24, 2.45) is 0 Å². The van der Waals surface area contributed by atoms with Gasteiger partial charge >= 0.3 is 0 Å². The lowest BCUT2D eigenvalue weighted by Crippen LogP contribution is -2.27. The van der Waals surface area contributed by atoms with Crippen molar-refractivity contribution in [3.05, 3.63) is 48.4 Å². The van der Waals surface area contributed by atoms with Crippen LogP contribution in [0.4, 0.5) is 11.4 Å². The zero-order valence-corrected chi connectivity index (χ0v) is 12.2. The van der Waals surface area contributed by atoms with Crippen molar-refractivity contribution in [3.63, 3.8) is 0 Å². The Morgan fingerprint density at radius 1 is 1.29 bits per heavy atom. The number of amides is 1. The van der Waals surface area contributed by atoms with Crippen LogP contribution in [-0.2, 0) is 11.3 Å². The summed E-state index contributed by atoms with van der Waals surface area (Å²) in [5.74, 6) is 0.871. The monoisotopic (exact) mass is 287 g/mol. The van der Waals surface area contributed by atoms with E-state index in [1.165, 1.54) is 0 Å². The number of furan rings is 1. The lowest BCUT2D eigenvalue weighted by Gasteiger charge is -2.18. The van der Waals surface area contributed by atoms with Crippen LogP contribution in [0.25, 0.3) is 0 Å². The minimum atomic E-state index is -0.0363. The van der Waals surface area contributed by atoms with E-state index >= 15 is 0 Å². The molecule has 3 N–H and O–H groups in total. The fraction of sp³-hybridized carbons (Fsp3) is 0.312. The molecule has 0 bridgehead atoms. The highest BCUT2D eigenvalue weighted by Crippen LogP contribution is 2.16. The fourth-order valence-electron chi connectivity index (χ4n) is 2.06. The molecular formula is C16H21N3O2. The molecule has 0 fully saturated rings. The van der Waals surface area contributed by atoms with Gasteiger partial charge in [0.1, 0.15) is 5.76 Å². The Morgan fingerprint density at radius 2 is 2.10 bits per heavy atom. The molecule has 0 aliphatic rings. The van der Waals surface area contributed by atoms with Crippen molar-refractivity contribution < 1.29 is 9.21 Å². The molecule has 5 nitrogen and oxygen atoms in total. The summed E-state index contributed by atoms with van der Waals surface area (Å²) >= 11 is 0. The maximum Gasteiger partial charge on any atom is 0.225 e. The van der Waals surface area contributed by atoms with Gasteiger partial charge in [0.25, 0.3) is 0 Å². The number of nitrogens with zero attached hydrogens (tertiary/aromatic N) is 1. The first-order valence-electron chi connectivity index (χ1n) is 7.08. The maximum atomic E-state index is 12.0. The minimum Gasteiger partial charge on any atom is -0.468 e. The number of nitrogens with two attached hydrogens (primary N) is 1. The summed E-state index contributed by atoms with van der Waals surface area (Å²) in [6, 6.07) is 11.1. The third-order valence-electron chi connectivity index (χ3n) is 3.30. The van der Waals surface area contributed by atoms with Crippen LogP contribution in [0.1, 0.15) is 19.1 Å². The first-order chi connectivity index (χ1) is 10.2. The summed E-state index contributed by atoms with van der Waals surface area (Å²) in [6.45, 7) is 4.32. The van der Waals surface area contributed by atoms with E-state index in [1.54, 1.807) is 18.4 Å². The van der Waals surface area contributed by atoms with Gasteiger partial charge in [0, 0.05) is 13.0 Å². The second-order valence-corrected chi connectivity index (χ2v) is 4.83.